The van der Waals surface area contributed by atoms with Crippen molar-refractivity contribution >= 4 is 17.7 Å². The van der Waals surface area contributed by atoms with Crippen LogP contribution in [0.4, 0.5) is 23.7 Å². The van der Waals surface area contributed by atoms with Crippen LogP contribution < -0.4 is 5.32 Å². The lowest BCUT2D eigenvalue weighted by Crippen LogP contribution is -2.55. The standard InChI is InChI=1S/C31H35F3N4O5/c1-31(2,3)43-30(41)38-16-22(42-18-21(38)17-39)8-9-24-27(34)14-36-15-28(24)37-29(40)12-25(19-4-6-20(32)7-5-19)23-10-11-35-13-26(23)33/h4-7,10-11,13-15,21-22,25,39H,8-9,12,16-18H2,1-3H3,(H,37,40)/t21-,22-,25?/m1/s1. The molecule has 9 nitrogen and oxygen atoms in total. The molecule has 1 aliphatic heterocycles. The molecule has 2 aromatic heterocycles. The fraction of sp³-hybridized carbons (Fsp3) is 0.419. The van der Waals surface area contributed by atoms with Crippen LogP contribution in [0, 0.1) is 17.5 Å². The van der Waals surface area contributed by atoms with E-state index < -0.39 is 53.1 Å². The Hall–Kier alpha value is -4.03. The predicted molar refractivity (Wildman–Crippen MR) is 152 cm³/mol. The smallest absolute Gasteiger partial charge is 0.410 e. The zero-order chi connectivity index (χ0) is 31.1. The maximum atomic E-state index is 15.0. The van der Waals surface area contributed by atoms with Crippen LogP contribution in [0.1, 0.15) is 56.2 Å². The highest BCUT2D eigenvalue weighted by molar-refractivity contribution is 5.92. The molecule has 3 aromatic rings. The number of hydrogen-bond donors (Lipinski definition) is 2. The van der Waals surface area contributed by atoms with Gasteiger partial charge in [0.15, 0.2) is 0 Å². The van der Waals surface area contributed by atoms with Crippen LogP contribution in [-0.4, -0.2) is 69.5 Å². The summed E-state index contributed by atoms with van der Waals surface area (Å²) < 4.78 is 54.6. The largest absolute Gasteiger partial charge is 0.444 e. The van der Waals surface area contributed by atoms with Crippen molar-refractivity contribution in [2.24, 2.45) is 0 Å². The molecule has 1 fully saturated rings. The number of nitrogens with zero attached hydrogens (tertiary/aromatic N) is 3. The van der Waals surface area contributed by atoms with E-state index in [2.05, 4.69) is 15.3 Å². The van der Waals surface area contributed by atoms with Gasteiger partial charge in [-0.3, -0.25) is 19.7 Å². The second-order valence-corrected chi connectivity index (χ2v) is 11.4. The Bertz CT molecular complexity index is 1420. The molecular weight excluding hydrogens is 565 g/mol. The fourth-order valence-corrected chi connectivity index (χ4v) is 4.91. The molecule has 2 amide bonds. The molecule has 43 heavy (non-hydrogen) atoms. The zero-order valence-corrected chi connectivity index (χ0v) is 24.2. The van der Waals surface area contributed by atoms with E-state index in [9.17, 15) is 27.9 Å². The Kier molecular flexibility index (Phi) is 10.4. The zero-order valence-electron chi connectivity index (χ0n) is 24.2. The third-order valence-corrected chi connectivity index (χ3v) is 7.04. The van der Waals surface area contributed by atoms with Crippen molar-refractivity contribution < 1.29 is 37.3 Å². The number of carbonyl (C=O) groups excluding carboxylic acids is 2. The second kappa shape index (κ2) is 14.0. The van der Waals surface area contributed by atoms with Gasteiger partial charge in [0.25, 0.3) is 0 Å². The van der Waals surface area contributed by atoms with Gasteiger partial charge in [-0.05, 0) is 62.9 Å². The number of morpholine rings is 1. The average Bonchev–Trinajstić information content (AvgIpc) is 2.95. The number of aliphatic hydroxyl groups excluding tert-OH is 1. The molecule has 12 heteroatoms. The number of nitrogens with one attached hydrogen (secondary N) is 1. The summed E-state index contributed by atoms with van der Waals surface area (Å²) in [6.07, 6.45) is 3.96. The van der Waals surface area contributed by atoms with Gasteiger partial charge in [-0.25, -0.2) is 18.0 Å². The number of rotatable bonds is 9. The van der Waals surface area contributed by atoms with Crippen molar-refractivity contribution in [1.29, 1.82) is 0 Å². The number of aromatic nitrogens is 2. The molecule has 0 saturated carbocycles. The number of amides is 2. The van der Waals surface area contributed by atoms with Gasteiger partial charge in [-0.1, -0.05) is 12.1 Å². The molecular formula is C31H35F3N4O5. The molecule has 1 saturated heterocycles. The van der Waals surface area contributed by atoms with Crippen LogP contribution in [0.15, 0.2) is 55.1 Å². The fourth-order valence-electron chi connectivity index (χ4n) is 4.91. The van der Waals surface area contributed by atoms with E-state index in [1.807, 2.05) is 0 Å². The normalized spacial score (nSPS) is 17.8. The molecule has 3 heterocycles. The Morgan fingerprint density at radius 2 is 1.81 bits per heavy atom. The Morgan fingerprint density at radius 3 is 2.49 bits per heavy atom. The summed E-state index contributed by atoms with van der Waals surface area (Å²) in [5.74, 6) is -3.02. The third-order valence-electron chi connectivity index (χ3n) is 7.04. The van der Waals surface area contributed by atoms with Crippen molar-refractivity contribution in [3.63, 3.8) is 0 Å². The first-order chi connectivity index (χ1) is 20.4. The van der Waals surface area contributed by atoms with Crippen LogP contribution in [-0.2, 0) is 20.7 Å². The molecule has 3 atom stereocenters. The summed E-state index contributed by atoms with van der Waals surface area (Å²) in [7, 11) is 0. The molecule has 0 aliphatic carbocycles. The number of anilines is 1. The Labute approximate surface area is 248 Å². The van der Waals surface area contributed by atoms with E-state index in [0.29, 0.717) is 12.0 Å². The van der Waals surface area contributed by atoms with Crippen molar-refractivity contribution in [3.8, 4) is 0 Å². The highest BCUT2D eigenvalue weighted by Crippen LogP contribution is 2.31. The number of carbonyl (C=O) groups is 2. The van der Waals surface area contributed by atoms with Crippen LogP contribution in [0.3, 0.4) is 0 Å². The summed E-state index contributed by atoms with van der Waals surface area (Å²) in [5, 5.41) is 12.4. The highest BCUT2D eigenvalue weighted by atomic mass is 19.1. The van der Waals surface area contributed by atoms with E-state index in [1.54, 1.807) is 20.8 Å². The number of pyridine rings is 2. The van der Waals surface area contributed by atoms with E-state index in [1.165, 1.54) is 47.6 Å². The third kappa shape index (κ3) is 8.51. The van der Waals surface area contributed by atoms with Gasteiger partial charge in [0.05, 0.1) is 56.2 Å². The molecule has 0 spiro atoms. The van der Waals surface area contributed by atoms with Crippen LogP contribution >= 0.6 is 0 Å². The summed E-state index contributed by atoms with van der Waals surface area (Å²) in [6.45, 7) is 5.14. The van der Waals surface area contributed by atoms with E-state index >= 15 is 0 Å². The van der Waals surface area contributed by atoms with Crippen LogP contribution in [0.5, 0.6) is 0 Å². The lowest BCUT2D eigenvalue weighted by molar-refractivity contribution is -0.116. The van der Waals surface area contributed by atoms with Gasteiger partial charge >= 0.3 is 6.09 Å². The minimum Gasteiger partial charge on any atom is -0.444 e. The lowest BCUT2D eigenvalue weighted by Gasteiger charge is -2.39. The molecule has 2 N–H and O–H groups in total. The quantitative estimate of drug-likeness (QED) is 0.356. The van der Waals surface area contributed by atoms with Crippen LogP contribution in [0.25, 0.3) is 0 Å². The molecule has 1 unspecified atom stereocenters. The molecule has 230 valence electrons. The first-order valence-corrected chi connectivity index (χ1v) is 13.9. The first kappa shape index (κ1) is 31.9. The number of hydrogen-bond acceptors (Lipinski definition) is 7. The number of halogens is 3. The first-order valence-electron chi connectivity index (χ1n) is 13.9. The summed E-state index contributed by atoms with van der Waals surface area (Å²) in [4.78, 5) is 35.0. The number of aliphatic hydroxyl groups is 1. The Morgan fingerprint density at radius 1 is 1.09 bits per heavy atom. The summed E-state index contributed by atoms with van der Waals surface area (Å²) in [6, 6.07) is 6.31. The molecule has 1 aliphatic rings. The van der Waals surface area contributed by atoms with Crippen LogP contribution in [0.2, 0.25) is 0 Å². The monoisotopic (exact) mass is 600 g/mol. The van der Waals surface area contributed by atoms with Crippen molar-refractivity contribution in [3.05, 3.63) is 89.3 Å². The second-order valence-electron chi connectivity index (χ2n) is 11.4. The topological polar surface area (TPSA) is 114 Å². The predicted octanol–water partition coefficient (Wildman–Crippen LogP) is 4.98. The van der Waals surface area contributed by atoms with Gasteiger partial charge in [0.2, 0.25) is 5.91 Å². The maximum absolute atomic E-state index is 15.0. The molecule has 4 rings (SSSR count). The van der Waals surface area contributed by atoms with Crippen molar-refractivity contribution in [1.82, 2.24) is 14.9 Å². The van der Waals surface area contributed by atoms with E-state index in [4.69, 9.17) is 9.47 Å². The number of benzene rings is 1. The maximum Gasteiger partial charge on any atom is 0.410 e. The van der Waals surface area contributed by atoms with Gasteiger partial charge in [0, 0.05) is 24.1 Å². The minimum atomic E-state index is -0.762. The van der Waals surface area contributed by atoms with Gasteiger partial charge < -0.3 is 19.9 Å². The summed E-state index contributed by atoms with van der Waals surface area (Å²) >= 11 is 0. The minimum absolute atomic E-state index is 0.0825. The van der Waals surface area contributed by atoms with E-state index in [-0.39, 0.29) is 49.4 Å². The SMILES string of the molecule is CC(C)(C)OC(=O)N1C[C@@H](CCc2c(F)cncc2NC(=O)CC(c2ccc(F)cc2)c2ccncc2F)OC[C@H]1CO. The van der Waals surface area contributed by atoms with Gasteiger partial charge in [-0.2, -0.15) is 0 Å². The Balaban J connectivity index is 1.47. The average molecular weight is 601 g/mol. The van der Waals surface area contributed by atoms with Crippen molar-refractivity contribution in [2.45, 2.75) is 63.7 Å². The molecule has 0 radical (unpaired) electrons. The molecule has 0 bridgehead atoms. The summed E-state index contributed by atoms with van der Waals surface area (Å²) in [5.41, 5.74) is 0.334. The van der Waals surface area contributed by atoms with E-state index in [0.717, 1.165) is 12.4 Å². The van der Waals surface area contributed by atoms with Gasteiger partial charge in [-0.15, -0.1) is 0 Å². The molecule has 1 aromatic carbocycles. The number of ether oxygens (including phenoxy) is 2. The van der Waals surface area contributed by atoms with Crippen molar-refractivity contribution in [2.75, 3.05) is 25.1 Å². The van der Waals surface area contributed by atoms with Gasteiger partial charge in [0.1, 0.15) is 23.1 Å². The highest BCUT2D eigenvalue weighted by Gasteiger charge is 2.35. The lowest BCUT2D eigenvalue weighted by atomic mass is 9.88.